The third kappa shape index (κ3) is 5.11. The summed E-state index contributed by atoms with van der Waals surface area (Å²) in [5.41, 5.74) is -2.39. The predicted octanol–water partition coefficient (Wildman–Crippen LogP) is -0.514. The fraction of sp³-hybridized carbons (Fsp3) is 0.222. The van der Waals surface area contributed by atoms with Crippen LogP contribution in [0, 0.1) is 0 Å². The number of carbonyl (C=O) groups is 2. The summed E-state index contributed by atoms with van der Waals surface area (Å²) in [6.07, 6.45) is 0. The lowest BCUT2D eigenvalue weighted by Crippen LogP contribution is -2.40. The van der Waals surface area contributed by atoms with E-state index in [4.69, 9.17) is 9.11 Å². The third-order valence-corrected chi connectivity index (χ3v) is 10.6. The van der Waals surface area contributed by atoms with Gasteiger partial charge in [0, 0.05) is 11.1 Å². The van der Waals surface area contributed by atoms with Crippen molar-refractivity contribution >= 4 is 51.8 Å². The maximum atomic E-state index is 13.3. The van der Waals surface area contributed by atoms with Crippen LogP contribution in [-0.2, 0) is 40.3 Å². The zero-order chi connectivity index (χ0) is 27.4. The highest BCUT2D eigenvalue weighted by atomic mass is 32.2. The maximum absolute atomic E-state index is 13.3. The Hall–Kier alpha value is -2.58. The quantitative estimate of drug-likeness (QED) is 0.246. The maximum Gasteiger partial charge on any atom is 0.281 e. The van der Waals surface area contributed by atoms with Gasteiger partial charge in [-0.2, -0.15) is 26.3 Å². The molecule has 0 spiro atoms. The normalized spacial score (nSPS) is 16.2. The SMILES string of the molecule is CC(NS(=O)(=O)c1cccc2c1C(=O)c1cccc(S(=O)(=O)NC(C)S(=O)(=O)O)c1C2=O)S(=O)(=O)O. The van der Waals surface area contributed by atoms with E-state index in [1.165, 1.54) is 0 Å². The van der Waals surface area contributed by atoms with Crippen molar-refractivity contribution in [2.24, 2.45) is 0 Å². The molecule has 2 aromatic rings. The molecule has 0 aliphatic heterocycles. The highest BCUT2D eigenvalue weighted by Gasteiger charge is 2.39. The number of benzene rings is 2. The summed E-state index contributed by atoms with van der Waals surface area (Å²) < 4.78 is 118. The molecule has 0 saturated heterocycles. The summed E-state index contributed by atoms with van der Waals surface area (Å²) in [5, 5.41) is -4.01. The Balaban J connectivity index is 2.20. The van der Waals surface area contributed by atoms with Crippen molar-refractivity contribution < 1.29 is 52.4 Å². The molecule has 18 heteroatoms. The molecule has 1 aliphatic rings. The molecule has 0 saturated carbocycles. The van der Waals surface area contributed by atoms with Crippen LogP contribution in [0.4, 0.5) is 0 Å². The summed E-state index contributed by atoms with van der Waals surface area (Å²) in [6, 6.07) is 6.01. The van der Waals surface area contributed by atoms with E-state index >= 15 is 0 Å². The van der Waals surface area contributed by atoms with Gasteiger partial charge in [-0.15, -0.1) is 0 Å². The van der Waals surface area contributed by atoms with Crippen molar-refractivity contribution in [3.05, 3.63) is 58.7 Å². The molecular weight excluding hydrogens is 564 g/mol. The number of carbonyl (C=O) groups excluding carboxylic acids is 2. The van der Waals surface area contributed by atoms with E-state index in [0.29, 0.717) is 0 Å². The second-order valence-electron chi connectivity index (χ2n) is 7.57. The molecule has 0 heterocycles. The zero-order valence-electron chi connectivity index (χ0n) is 18.2. The summed E-state index contributed by atoms with van der Waals surface area (Å²) in [7, 11) is -19.3. The lowest BCUT2D eigenvalue weighted by molar-refractivity contribution is 0.0974. The first-order valence-electron chi connectivity index (χ1n) is 9.61. The van der Waals surface area contributed by atoms with Gasteiger partial charge in [0.05, 0.1) is 20.9 Å². The summed E-state index contributed by atoms with van der Waals surface area (Å²) in [5.74, 6) is -2.19. The predicted molar refractivity (Wildman–Crippen MR) is 122 cm³/mol. The van der Waals surface area contributed by atoms with Crippen LogP contribution in [-0.4, -0.2) is 65.1 Å². The van der Waals surface area contributed by atoms with Crippen molar-refractivity contribution in [2.75, 3.05) is 0 Å². The molecule has 2 aromatic carbocycles. The molecule has 2 unspecified atom stereocenters. The Labute approximate surface area is 206 Å². The van der Waals surface area contributed by atoms with Crippen LogP contribution in [0.15, 0.2) is 46.2 Å². The second kappa shape index (κ2) is 9.06. The first-order valence-corrected chi connectivity index (χ1v) is 15.6. The van der Waals surface area contributed by atoms with E-state index in [2.05, 4.69) is 0 Å². The molecule has 1 aliphatic carbocycles. The van der Waals surface area contributed by atoms with Crippen LogP contribution in [0.1, 0.15) is 45.7 Å². The van der Waals surface area contributed by atoms with Gasteiger partial charge in [-0.1, -0.05) is 24.3 Å². The molecule has 4 N–H and O–H groups in total. The number of ketones is 2. The standard InChI is InChI=1S/C18H18N2O12S4/c1-9(35(27,28)29)19-33(23,24)13-7-3-5-11-15(13)17(21)12-6-4-8-14(16(12)18(11)22)34(25,26)20-10(2)36(30,31)32/h3-10,19-20H,1-2H3,(H,27,28,29)(H,30,31,32). The average molecular weight is 583 g/mol. The van der Waals surface area contributed by atoms with Crippen LogP contribution in [0.3, 0.4) is 0 Å². The highest BCUT2D eigenvalue weighted by Crippen LogP contribution is 2.34. The molecule has 0 fully saturated rings. The molecule has 0 aromatic heterocycles. The topological polar surface area (TPSA) is 235 Å². The lowest BCUT2D eigenvalue weighted by Gasteiger charge is -2.23. The van der Waals surface area contributed by atoms with Gasteiger partial charge in [-0.3, -0.25) is 18.7 Å². The Morgan fingerprint density at radius 3 is 1.19 bits per heavy atom. The molecule has 2 atom stereocenters. The minimum atomic E-state index is -4.86. The summed E-state index contributed by atoms with van der Waals surface area (Å²) in [6.45, 7) is 1.64. The van der Waals surface area contributed by atoms with Crippen LogP contribution < -0.4 is 9.44 Å². The smallest absolute Gasteiger partial charge is 0.281 e. The first-order chi connectivity index (χ1) is 16.3. The van der Waals surface area contributed by atoms with E-state index < -0.39 is 94.6 Å². The minimum Gasteiger partial charge on any atom is -0.289 e. The van der Waals surface area contributed by atoms with E-state index in [9.17, 15) is 43.3 Å². The number of fused-ring (bicyclic) bond motifs is 2. The van der Waals surface area contributed by atoms with Crippen molar-refractivity contribution in [3.63, 3.8) is 0 Å². The molecule has 0 amide bonds. The Kier molecular flexibility index (Phi) is 7.05. The van der Waals surface area contributed by atoms with Crippen molar-refractivity contribution in [3.8, 4) is 0 Å². The van der Waals surface area contributed by atoms with Crippen LogP contribution in [0.25, 0.3) is 0 Å². The first kappa shape index (κ1) is 28.0. The number of rotatable bonds is 8. The number of sulfonamides is 2. The molecule has 0 radical (unpaired) electrons. The third-order valence-electron chi connectivity index (χ3n) is 5.11. The Morgan fingerprint density at radius 1 is 0.611 bits per heavy atom. The van der Waals surface area contributed by atoms with Gasteiger partial charge in [0.1, 0.15) is 10.7 Å². The molecule has 36 heavy (non-hydrogen) atoms. The largest absolute Gasteiger partial charge is 0.289 e. The Morgan fingerprint density at radius 2 is 0.917 bits per heavy atom. The van der Waals surface area contributed by atoms with Gasteiger partial charge in [0.15, 0.2) is 11.6 Å². The number of hydrogen-bond acceptors (Lipinski definition) is 10. The minimum absolute atomic E-state index is 0.527. The van der Waals surface area contributed by atoms with Crippen LogP contribution in [0.5, 0.6) is 0 Å². The fourth-order valence-corrected chi connectivity index (χ4v) is 7.63. The highest BCUT2D eigenvalue weighted by molar-refractivity contribution is 7.92. The van der Waals surface area contributed by atoms with Gasteiger partial charge in [-0.05, 0) is 26.0 Å². The van der Waals surface area contributed by atoms with Crippen LogP contribution in [0.2, 0.25) is 0 Å². The van der Waals surface area contributed by atoms with Gasteiger partial charge in [0.2, 0.25) is 20.0 Å². The molecule has 14 nitrogen and oxygen atoms in total. The number of nitrogens with one attached hydrogen (secondary N) is 2. The average Bonchev–Trinajstić information content (AvgIpc) is 2.74. The summed E-state index contributed by atoms with van der Waals surface area (Å²) in [4.78, 5) is 25.0. The number of hydrogen-bond donors (Lipinski definition) is 4. The van der Waals surface area contributed by atoms with E-state index in [1.807, 2.05) is 0 Å². The fourth-order valence-electron chi connectivity index (χ4n) is 3.31. The molecule has 0 bridgehead atoms. The van der Waals surface area contributed by atoms with Gasteiger partial charge in [-0.25, -0.2) is 16.8 Å². The van der Waals surface area contributed by atoms with E-state index in [-0.39, 0.29) is 0 Å². The van der Waals surface area contributed by atoms with Crippen LogP contribution >= 0.6 is 0 Å². The molecule has 196 valence electrons. The van der Waals surface area contributed by atoms with Gasteiger partial charge >= 0.3 is 0 Å². The van der Waals surface area contributed by atoms with Gasteiger partial charge in [0.25, 0.3) is 20.2 Å². The van der Waals surface area contributed by atoms with E-state index in [1.54, 1.807) is 9.44 Å². The molecule has 3 rings (SSSR count). The summed E-state index contributed by atoms with van der Waals surface area (Å²) >= 11 is 0. The van der Waals surface area contributed by atoms with Crippen molar-refractivity contribution in [1.29, 1.82) is 0 Å². The second-order valence-corrected chi connectivity index (χ2v) is 14.4. The Bertz CT molecular complexity index is 1600. The van der Waals surface area contributed by atoms with Crippen molar-refractivity contribution in [1.82, 2.24) is 9.44 Å². The monoisotopic (exact) mass is 582 g/mol. The van der Waals surface area contributed by atoms with Gasteiger partial charge < -0.3 is 0 Å². The van der Waals surface area contributed by atoms with Crippen molar-refractivity contribution in [2.45, 2.75) is 34.4 Å². The lowest BCUT2D eigenvalue weighted by atomic mass is 9.84. The van der Waals surface area contributed by atoms with E-state index in [0.717, 1.165) is 50.2 Å². The zero-order valence-corrected chi connectivity index (χ0v) is 21.5. The molecular formula is C18H18N2O12S4.